The van der Waals surface area contributed by atoms with Gasteiger partial charge in [0.1, 0.15) is 22.5 Å². The predicted octanol–water partition coefficient (Wildman–Crippen LogP) is 2.99. The Morgan fingerprint density at radius 2 is 1.76 bits per heavy atom. The molecule has 0 saturated heterocycles. The van der Waals surface area contributed by atoms with Gasteiger partial charge in [0.05, 0.1) is 26.3 Å². The van der Waals surface area contributed by atoms with E-state index in [9.17, 15) is 14.4 Å². The first-order chi connectivity index (χ1) is 18.2. The van der Waals surface area contributed by atoms with Crippen molar-refractivity contribution in [2.75, 3.05) is 19.1 Å². The molecular weight excluding hydrogens is 486 g/mol. The summed E-state index contributed by atoms with van der Waals surface area (Å²) in [7, 11) is 2.77. The van der Waals surface area contributed by atoms with Gasteiger partial charge in [-0.25, -0.2) is 4.79 Å². The largest absolute Gasteiger partial charge is 0.496 e. The van der Waals surface area contributed by atoms with Crippen molar-refractivity contribution in [2.24, 2.45) is 5.73 Å². The van der Waals surface area contributed by atoms with Crippen LogP contribution in [0.15, 0.2) is 70.8 Å². The van der Waals surface area contributed by atoms with E-state index in [0.29, 0.717) is 22.7 Å². The lowest BCUT2D eigenvalue weighted by molar-refractivity contribution is -0.138. The molecule has 1 unspecified atom stereocenters. The van der Waals surface area contributed by atoms with E-state index in [-0.39, 0.29) is 35.4 Å². The van der Waals surface area contributed by atoms with Gasteiger partial charge in [0.15, 0.2) is 0 Å². The van der Waals surface area contributed by atoms with E-state index in [1.165, 1.54) is 7.11 Å². The number of anilines is 1. The summed E-state index contributed by atoms with van der Waals surface area (Å²) in [6.45, 7) is 5.68. The van der Waals surface area contributed by atoms with Crippen molar-refractivity contribution in [3.8, 4) is 11.5 Å². The Bertz CT molecular complexity index is 1570. The van der Waals surface area contributed by atoms with Crippen LogP contribution >= 0.6 is 0 Å². The number of para-hydroxylation sites is 2. The Kier molecular flexibility index (Phi) is 6.01. The first kappa shape index (κ1) is 25.1. The average Bonchev–Trinajstić information content (AvgIpc) is 3.14. The minimum absolute atomic E-state index is 0.0215. The third kappa shape index (κ3) is 3.34. The zero-order chi connectivity index (χ0) is 27.4. The molecule has 2 N–H and O–H groups in total. The van der Waals surface area contributed by atoms with E-state index in [2.05, 4.69) is 0 Å². The van der Waals surface area contributed by atoms with Crippen molar-refractivity contribution >= 4 is 17.6 Å². The average molecular weight is 516 g/mol. The number of nitrogens with zero attached hydrogens (tertiary/aromatic N) is 2. The summed E-state index contributed by atoms with van der Waals surface area (Å²) in [6, 6.07) is 15.9. The van der Waals surface area contributed by atoms with Crippen molar-refractivity contribution in [1.82, 2.24) is 4.57 Å². The first-order valence-electron chi connectivity index (χ1n) is 12.2. The molecule has 1 atom stereocenters. The fourth-order valence-electron chi connectivity index (χ4n) is 5.60. The molecule has 5 rings (SSSR count). The molecule has 3 heterocycles. The molecular formula is C29H29N3O6. The van der Waals surface area contributed by atoms with Gasteiger partial charge in [0.25, 0.3) is 5.56 Å². The van der Waals surface area contributed by atoms with Crippen LogP contribution in [-0.4, -0.2) is 36.7 Å². The minimum Gasteiger partial charge on any atom is -0.496 e. The van der Waals surface area contributed by atoms with Crippen LogP contribution in [0.5, 0.6) is 11.5 Å². The number of carbonyl (C=O) groups excluding carboxylic acids is 2. The molecule has 38 heavy (non-hydrogen) atoms. The van der Waals surface area contributed by atoms with Crippen LogP contribution in [0.3, 0.4) is 0 Å². The van der Waals surface area contributed by atoms with Gasteiger partial charge in [0, 0.05) is 34.6 Å². The molecule has 3 aromatic rings. The zero-order valence-electron chi connectivity index (χ0n) is 21.9. The number of ether oxygens (including phenoxy) is 3. The molecule has 2 aromatic carbocycles. The van der Waals surface area contributed by atoms with Crippen molar-refractivity contribution in [1.29, 1.82) is 0 Å². The van der Waals surface area contributed by atoms with Crippen LogP contribution in [0.2, 0.25) is 0 Å². The highest BCUT2D eigenvalue weighted by Crippen LogP contribution is 2.55. The lowest BCUT2D eigenvalue weighted by atomic mass is 9.68. The van der Waals surface area contributed by atoms with Crippen LogP contribution in [-0.2, 0) is 26.3 Å². The predicted molar refractivity (Wildman–Crippen MR) is 141 cm³/mol. The molecule has 1 spiro atoms. The molecule has 1 amide bonds. The standard InChI is InChI=1S/C29H29N3O6/c1-16(2)32-20-12-8-7-11-19(20)29(28(32)35)23-22(38-25(30)24(29)27(34)37-5)14-17(3)31(26(23)33)15-18-10-6-9-13-21(18)36-4/h6-14,16H,15,30H2,1-5H3. The smallest absolute Gasteiger partial charge is 0.340 e. The molecule has 2 aliphatic rings. The van der Waals surface area contributed by atoms with E-state index in [0.717, 1.165) is 5.56 Å². The fourth-order valence-corrected chi connectivity index (χ4v) is 5.60. The number of rotatable bonds is 5. The maximum absolute atomic E-state index is 14.5. The number of benzene rings is 2. The Morgan fingerprint density at radius 1 is 1.08 bits per heavy atom. The molecule has 196 valence electrons. The van der Waals surface area contributed by atoms with Crippen molar-refractivity contribution in [2.45, 2.75) is 38.8 Å². The van der Waals surface area contributed by atoms with E-state index < -0.39 is 22.9 Å². The molecule has 9 nitrogen and oxygen atoms in total. The molecule has 9 heteroatoms. The summed E-state index contributed by atoms with van der Waals surface area (Å²) in [5.41, 5.74) is 6.23. The SMILES string of the molecule is COC(=O)C1=C(N)Oc2cc(C)n(Cc3ccccc3OC)c(=O)c2C12C(=O)N(C(C)C)c1ccccc12. The van der Waals surface area contributed by atoms with Gasteiger partial charge in [-0.3, -0.25) is 9.59 Å². The summed E-state index contributed by atoms with van der Waals surface area (Å²) in [5, 5.41) is 0. The quantitative estimate of drug-likeness (QED) is 0.520. The topological polar surface area (TPSA) is 113 Å². The number of amides is 1. The van der Waals surface area contributed by atoms with Crippen molar-refractivity contribution in [3.05, 3.63) is 98.8 Å². The van der Waals surface area contributed by atoms with Crippen LogP contribution in [0.4, 0.5) is 5.69 Å². The Labute approximate surface area is 220 Å². The fraction of sp³-hybridized carbons (Fsp3) is 0.276. The van der Waals surface area contributed by atoms with Gasteiger partial charge >= 0.3 is 5.97 Å². The lowest BCUT2D eigenvalue weighted by Gasteiger charge is -2.36. The highest BCUT2D eigenvalue weighted by molar-refractivity contribution is 6.18. The third-order valence-corrected chi connectivity index (χ3v) is 7.22. The monoisotopic (exact) mass is 515 g/mol. The van der Waals surface area contributed by atoms with E-state index in [4.69, 9.17) is 19.9 Å². The maximum Gasteiger partial charge on any atom is 0.340 e. The van der Waals surface area contributed by atoms with Crippen LogP contribution in [0.25, 0.3) is 0 Å². The molecule has 1 aromatic heterocycles. The van der Waals surface area contributed by atoms with E-state index in [1.54, 1.807) is 53.8 Å². The Morgan fingerprint density at radius 3 is 2.45 bits per heavy atom. The highest BCUT2D eigenvalue weighted by atomic mass is 16.5. The number of nitrogens with two attached hydrogens (primary N) is 1. The Hall–Kier alpha value is -4.53. The number of carbonyl (C=O) groups is 2. The lowest BCUT2D eigenvalue weighted by Crippen LogP contribution is -2.53. The number of pyridine rings is 1. The first-order valence-corrected chi connectivity index (χ1v) is 12.2. The number of methoxy groups -OCH3 is 2. The van der Waals surface area contributed by atoms with Crippen LogP contribution in [0, 0.1) is 6.92 Å². The van der Waals surface area contributed by atoms with Crippen molar-refractivity contribution < 1.29 is 23.8 Å². The van der Waals surface area contributed by atoms with Gasteiger partial charge in [-0.05, 0) is 32.9 Å². The maximum atomic E-state index is 14.5. The number of aryl methyl sites for hydroxylation is 1. The summed E-state index contributed by atoms with van der Waals surface area (Å²) in [5.74, 6) is -0.846. The zero-order valence-corrected chi connectivity index (χ0v) is 21.9. The number of aromatic nitrogens is 1. The van der Waals surface area contributed by atoms with Crippen molar-refractivity contribution in [3.63, 3.8) is 0 Å². The second kappa shape index (κ2) is 9.09. The van der Waals surface area contributed by atoms with Gasteiger partial charge in [-0.15, -0.1) is 0 Å². The van der Waals surface area contributed by atoms with Crippen LogP contribution < -0.4 is 25.7 Å². The van der Waals surface area contributed by atoms with Crippen LogP contribution in [0.1, 0.15) is 36.2 Å². The third-order valence-electron chi connectivity index (χ3n) is 7.22. The van der Waals surface area contributed by atoms with Gasteiger partial charge in [0.2, 0.25) is 11.8 Å². The van der Waals surface area contributed by atoms with Gasteiger partial charge in [-0.2, -0.15) is 0 Å². The van der Waals surface area contributed by atoms with E-state index in [1.807, 2.05) is 38.1 Å². The summed E-state index contributed by atoms with van der Waals surface area (Å²) >= 11 is 0. The van der Waals surface area contributed by atoms with E-state index >= 15 is 0 Å². The normalized spacial score (nSPS) is 17.9. The minimum atomic E-state index is -1.85. The molecule has 0 radical (unpaired) electrons. The highest BCUT2D eigenvalue weighted by Gasteiger charge is 2.62. The second-order valence-electron chi connectivity index (χ2n) is 9.60. The number of hydrogen-bond donors (Lipinski definition) is 1. The van der Waals surface area contributed by atoms with Gasteiger partial charge in [-0.1, -0.05) is 36.4 Å². The molecule has 0 fully saturated rings. The molecule has 0 bridgehead atoms. The number of esters is 1. The number of hydrogen-bond acceptors (Lipinski definition) is 7. The summed E-state index contributed by atoms with van der Waals surface area (Å²) in [6.07, 6.45) is 0. The second-order valence-corrected chi connectivity index (χ2v) is 9.60. The Balaban J connectivity index is 1.88. The summed E-state index contributed by atoms with van der Waals surface area (Å²) in [4.78, 5) is 43.9. The molecule has 2 aliphatic heterocycles. The molecule has 0 saturated carbocycles. The molecule has 0 aliphatic carbocycles. The number of fused-ring (bicyclic) bond motifs is 4. The summed E-state index contributed by atoms with van der Waals surface area (Å²) < 4.78 is 18.0. The van der Waals surface area contributed by atoms with Gasteiger partial charge < -0.3 is 29.4 Å².